The topological polar surface area (TPSA) is 116 Å². The molecule has 0 fully saturated rings. The molecule has 4 N–H and O–H groups in total. The van der Waals surface area contributed by atoms with E-state index in [0.717, 1.165) is 12.1 Å². The number of aromatic hydroxyl groups is 4. The first-order valence-electron chi connectivity index (χ1n) is 12.6. The normalized spacial score (nSPS) is 12.5. The number of benzene rings is 4. The maximum absolute atomic E-state index is 14.7. The zero-order valence-electron chi connectivity index (χ0n) is 21.8. The van der Waals surface area contributed by atoms with Crippen LogP contribution in [0.3, 0.4) is 0 Å². The van der Waals surface area contributed by atoms with Crippen LogP contribution in [0.25, 0.3) is 0 Å². The number of carbonyl (C=O) groups excluding carboxylic acids is 1. The van der Waals surface area contributed by atoms with Gasteiger partial charge in [0.15, 0.2) is 5.78 Å². The lowest BCUT2D eigenvalue weighted by Crippen LogP contribution is -2.23. The smallest absolute Gasteiger partial charge is 0.156 e. The molecule has 40 heavy (non-hydrogen) atoms. The molecule has 0 radical (unpaired) electrons. The SMILES string of the molecule is CCOc1ccc(C(C(=O)C(c2ccc(OCC)cc2)c2cc(Cl)c(O)cc2O)c2cc(Cl)c(O)cc2O)cc1. The fourth-order valence-electron chi connectivity index (χ4n) is 4.60. The Labute approximate surface area is 241 Å². The van der Waals surface area contributed by atoms with Crippen LogP contribution in [0.4, 0.5) is 0 Å². The lowest BCUT2D eigenvalue weighted by molar-refractivity contribution is -0.120. The van der Waals surface area contributed by atoms with Gasteiger partial charge in [-0.3, -0.25) is 4.79 Å². The van der Waals surface area contributed by atoms with Crippen LogP contribution in [0.1, 0.15) is 47.9 Å². The first-order valence-corrected chi connectivity index (χ1v) is 13.3. The zero-order valence-corrected chi connectivity index (χ0v) is 23.3. The molecular formula is C31H28Cl2O7. The molecular weight excluding hydrogens is 555 g/mol. The van der Waals surface area contributed by atoms with Gasteiger partial charge in [0, 0.05) is 23.3 Å². The number of hydrogen-bond donors (Lipinski definition) is 4. The number of ether oxygens (including phenoxy) is 2. The highest BCUT2D eigenvalue weighted by atomic mass is 35.5. The van der Waals surface area contributed by atoms with Crippen molar-refractivity contribution in [1.29, 1.82) is 0 Å². The lowest BCUT2D eigenvalue weighted by atomic mass is 9.76. The fraction of sp³-hybridized carbons (Fsp3) is 0.194. The summed E-state index contributed by atoms with van der Waals surface area (Å²) in [6, 6.07) is 18.5. The number of hydrogen-bond acceptors (Lipinski definition) is 7. The predicted molar refractivity (Wildman–Crippen MR) is 153 cm³/mol. The highest BCUT2D eigenvalue weighted by molar-refractivity contribution is 6.32. The Morgan fingerprint density at radius 2 is 0.975 bits per heavy atom. The second-order valence-electron chi connectivity index (χ2n) is 9.00. The molecule has 0 aliphatic carbocycles. The molecule has 4 aromatic carbocycles. The van der Waals surface area contributed by atoms with Gasteiger partial charge in [-0.2, -0.15) is 0 Å². The average Bonchev–Trinajstić information content (AvgIpc) is 2.92. The Hall–Kier alpha value is -4.07. The van der Waals surface area contributed by atoms with Crippen molar-refractivity contribution in [1.82, 2.24) is 0 Å². The Balaban J connectivity index is 1.94. The van der Waals surface area contributed by atoms with Gasteiger partial charge in [0.25, 0.3) is 0 Å². The van der Waals surface area contributed by atoms with Gasteiger partial charge in [0.2, 0.25) is 0 Å². The van der Waals surface area contributed by atoms with E-state index in [0.29, 0.717) is 35.8 Å². The van der Waals surface area contributed by atoms with E-state index >= 15 is 0 Å². The van der Waals surface area contributed by atoms with Gasteiger partial charge < -0.3 is 29.9 Å². The second kappa shape index (κ2) is 12.4. The molecule has 208 valence electrons. The molecule has 0 bridgehead atoms. The van der Waals surface area contributed by atoms with Crippen LogP contribution in [0.5, 0.6) is 34.5 Å². The van der Waals surface area contributed by atoms with Gasteiger partial charge >= 0.3 is 0 Å². The third-order valence-electron chi connectivity index (χ3n) is 6.43. The van der Waals surface area contributed by atoms with Gasteiger partial charge in [-0.1, -0.05) is 47.5 Å². The van der Waals surface area contributed by atoms with E-state index in [4.69, 9.17) is 32.7 Å². The highest BCUT2D eigenvalue weighted by Crippen LogP contribution is 2.45. The summed E-state index contributed by atoms with van der Waals surface area (Å²) in [5, 5.41) is 41.8. The molecule has 9 heteroatoms. The fourth-order valence-corrected chi connectivity index (χ4v) is 4.95. The summed E-state index contributed by atoms with van der Waals surface area (Å²) in [5.41, 5.74) is 1.31. The van der Waals surface area contributed by atoms with Crippen molar-refractivity contribution in [3.8, 4) is 34.5 Å². The molecule has 0 aromatic heterocycles. The van der Waals surface area contributed by atoms with Crippen molar-refractivity contribution >= 4 is 29.0 Å². The molecule has 4 rings (SSSR count). The average molecular weight is 583 g/mol. The van der Waals surface area contributed by atoms with Crippen molar-refractivity contribution < 1.29 is 34.7 Å². The minimum atomic E-state index is -1.10. The third-order valence-corrected chi connectivity index (χ3v) is 7.04. The van der Waals surface area contributed by atoms with E-state index in [9.17, 15) is 25.2 Å². The summed E-state index contributed by atoms with van der Waals surface area (Å²) in [6.07, 6.45) is 0. The summed E-state index contributed by atoms with van der Waals surface area (Å²) in [4.78, 5) is 14.7. The first-order chi connectivity index (χ1) is 19.1. The van der Waals surface area contributed by atoms with Crippen molar-refractivity contribution in [3.05, 3.63) is 105 Å². The van der Waals surface area contributed by atoms with Crippen LogP contribution in [-0.4, -0.2) is 39.4 Å². The number of ketones is 1. The second-order valence-corrected chi connectivity index (χ2v) is 9.81. The van der Waals surface area contributed by atoms with Crippen molar-refractivity contribution in [3.63, 3.8) is 0 Å². The van der Waals surface area contributed by atoms with E-state index in [-0.39, 0.29) is 44.2 Å². The van der Waals surface area contributed by atoms with Crippen LogP contribution in [-0.2, 0) is 4.79 Å². The van der Waals surface area contributed by atoms with Crippen LogP contribution < -0.4 is 9.47 Å². The largest absolute Gasteiger partial charge is 0.507 e. The van der Waals surface area contributed by atoms with Crippen molar-refractivity contribution in [2.75, 3.05) is 13.2 Å². The molecule has 0 aliphatic rings. The first kappa shape index (κ1) is 28.9. The zero-order chi connectivity index (χ0) is 29.0. The number of halogens is 2. The number of Topliss-reactive ketones (excluding diaryl/α,β-unsaturated/α-hetero) is 1. The summed E-state index contributed by atoms with van der Waals surface area (Å²) < 4.78 is 11.1. The van der Waals surface area contributed by atoms with E-state index in [2.05, 4.69) is 0 Å². The standard InChI is InChI=1S/C31H28Cl2O7/c1-3-39-19-9-5-17(6-10-19)29(21-13-23(32)27(36)15-25(21)34)31(38)30(18-7-11-20(12-8-18)40-4-2)22-14-24(33)28(37)16-26(22)35/h5-16,29-30,34-37H,3-4H2,1-2H3. The number of rotatable bonds is 10. The van der Waals surface area contributed by atoms with Gasteiger partial charge in [0.05, 0.1) is 35.1 Å². The molecule has 0 saturated heterocycles. The van der Waals surface area contributed by atoms with Crippen molar-refractivity contribution in [2.24, 2.45) is 0 Å². The van der Waals surface area contributed by atoms with Gasteiger partial charge in [-0.25, -0.2) is 0 Å². The van der Waals surface area contributed by atoms with E-state index in [1.165, 1.54) is 12.1 Å². The number of phenols is 4. The van der Waals surface area contributed by atoms with E-state index in [1.807, 2.05) is 13.8 Å². The monoisotopic (exact) mass is 582 g/mol. The summed E-state index contributed by atoms with van der Waals surface area (Å²) in [5.74, 6) is -2.82. The predicted octanol–water partition coefficient (Wildman–Crippen LogP) is 7.15. The summed E-state index contributed by atoms with van der Waals surface area (Å²) in [7, 11) is 0. The number of phenolic OH excluding ortho intramolecular Hbond substituents is 4. The molecule has 7 nitrogen and oxygen atoms in total. The molecule has 0 heterocycles. The van der Waals surface area contributed by atoms with E-state index < -0.39 is 17.6 Å². The van der Waals surface area contributed by atoms with Gasteiger partial charge in [-0.15, -0.1) is 0 Å². The minimum absolute atomic E-state index is 0.0512. The molecule has 0 spiro atoms. The molecule has 0 amide bonds. The quantitative estimate of drug-likeness (QED) is 0.157. The van der Waals surface area contributed by atoms with E-state index in [1.54, 1.807) is 48.5 Å². The highest BCUT2D eigenvalue weighted by Gasteiger charge is 2.35. The van der Waals surface area contributed by atoms with Crippen LogP contribution in [0.15, 0.2) is 72.8 Å². The summed E-state index contributed by atoms with van der Waals surface area (Å²) >= 11 is 12.4. The van der Waals surface area contributed by atoms with Crippen LogP contribution in [0, 0.1) is 0 Å². The summed E-state index contributed by atoms with van der Waals surface area (Å²) in [6.45, 7) is 4.62. The third kappa shape index (κ3) is 6.06. The Morgan fingerprint density at radius 1 is 0.625 bits per heavy atom. The van der Waals surface area contributed by atoms with Crippen LogP contribution >= 0.6 is 23.2 Å². The van der Waals surface area contributed by atoms with Gasteiger partial charge in [0.1, 0.15) is 34.5 Å². The maximum atomic E-state index is 14.7. The molecule has 2 atom stereocenters. The Morgan fingerprint density at radius 3 is 1.30 bits per heavy atom. The molecule has 0 aliphatic heterocycles. The van der Waals surface area contributed by atoms with Crippen molar-refractivity contribution in [2.45, 2.75) is 25.7 Å². The minimum Gasteiger partial charge on any atom is -0.507 e. The molecule has 0 saturated carbocycles. The Kier molecular flexibility index (Phi) is 8.97. The van der Waals surface area contributed by atoms with Crippen LogP contribution in [0.2, 0.25) is 10.0 Å². The molecule has 2 unspecified atom stereocenters. The maximum Gasteiger partial charge on any atom is 0.156 e. The Bertz CT molecular complexity index is 1390. The van der Waals surface area contributed by atoms with Gasteiger partial charge in [-0.05, 0) is 61.4 Å². The number of carbonyl (C=O) groups is 1. The molecule has 4 aromatic rings. The lowest BCUT2D eigenvalue weighted by Gasteiger charge is -2.26.